The third kappa shape index (κ3) is 3.01. The molecule has 1 amide bonds. The van der Waals surface area contributed by atoms with Gasteiger partial charge in [0.15, 0.2) is 0 Å². The van der Waals surface area contributed by atoms with E-state index in [1.807, 2.05) is 50.5 Å². The van der Waals surface area contributed by atoms with Crippen LogP contribution in [0.4, 0.5) is 0 Å². The second kappa shape index (κ2) is 5.67. The van der Waals surface area contributed by atoms with E-state index in [-0.39, 0.29) is 0 Å². The monoisotopic (exact) mass is 254 g/mol. The molecule has 0 spiro atoms. The number of nitrogens with zero attached hydrogens (tertiary/aromatic N) is 1. The summed E-state index contributed by atoms with van der Waals surface area (Å²) in [7, 11) is 4.05. The first-order valence-electron chi connectivity index (χ1n) is 6.21. The molecule has 0 unspecified atom stereocenters. The lowest BCUT2D eigenvalue weighted by molar-refractivity contribution is 0.100. The number of rotatable bonds is 4. The Hall–Kier alpha value is -2.13. The molecule has 0 aliphatic rings. The van der Waals surface area contributed by atoms with Crippen LogP contribution < -0.4 is 5.73 Å². The van der Waals surface area contributed by atoms with Crippen LogP contribution >= 0.6 is 0 Å². The van der Waals surface area contributed by atoms with Crippen molar-refractivity contribution in [1.29, 1.82) is 0 Å². The summed E-state index contributed by atoms with van der Waals surface area (Å²) in [6.07, 6.45) is 0. The Kier molecular flexibility index (Phi) is 3.97. The maximum atomic E-state index is 11.5. The minimum absolute atomic E-state index is 0.393. The lowest BCUT2D eigenvalue weighted by atomic mass is 9.95. The van der Waals surface area contributed by atoms with Gasteiger partial charge in [0.1, 0.15) is 0 Å². The number of hydrogen-bond donors (Lipinski definition) is 1. The van der Waals surface area contributed by atoms with Crippen LogP contribution in [0.1, 0.15) is 15.9 Å². The molecule has 0 heterocycles. The maximum absolute atomic E-state index is 11.5. The van der Waals surface area contributed by atoms with Gasteiger partial charge < -0.3 is 10.6 Å². The normalized spacial score (nSPS) is 10.7. The summed E-state index contributed by atoms with van der Waals surface area (Å²) < 4.78 is 0. The van der Waals surface area contributed by atoms with E-state index in [0.717, 1.165) is 17.7 Å². The zero-order chi connectivity index (χ0) is 13.8. The molecule has 0 aliphatic carbocycles. The minimum Gasteiger partial charge on any atom is -0.366 e. The average Bonchev–Trinajstić information content (AvgIpc) is 2.38. The fourth-order valence-electron chi connectivity index (χ4n) is 2.19. The molecule has 0 saturated heterocycles. The van der Waals surface area contributed by atoms with Crippen LogP contribution in [0, 0.1) is 0 Å². The second-order valence-corrected chi connectivity index (χ2v) is 4.80. The first kappa shape index (κ1) is 13.3. The van der Waals surface area contributed by atoms with Gasteiger partial charge in [-0.2, -0.15) is 0 Å². The van der Waals surface area contributed by atoms with E-state index in [1.54, 1.807) is 6.07 Å². The van der Waals surface area contributed by atoms with Gasteiger partial charge >= 0.3 is 0 Å². The van der Waals surface area contributed by atoms with E-state index in [0.29, 0.717) is 5.56 Å². The molecule has 0 fully saturated rings. The van der Waals surface area contributed by atoms with E-state index in [1.165, 1.54) is 5.56 Å². The smallest absolute Gasteiger partial charge is 0.249 e. The van der Waals surface area contributed by atoms with Crippen LogP contribution in [0.2, 0.25) is 0 Å². The average molecular weight is 254 g/mol. The number of carbonyl (C=O) groups is 1. The number of carbonyl (C=O) groups excluding carboxylic acids is 1. The first-order valence-corrected chi connectivity index (χ1v) is 6.21. The molecule has 3 heteroatoms. The van der Waals surface area contributed by atoms with Gasteiger partial charge in [-0.25, -0.2) is 0 Å². The van der Waals surface area contributed by atoms with Crippen molar-refractivity contribution < 1.29 is 4.79 Å². The van der Waals surface area contributed by atoms with Gasteiger partial charge in [0.2, 0.25) is 5.91 Å². The van der Waals surface area contributed by atoms with E-state index in [2.05, 4.69) is 11.0 Å². The summed E-state index contributed by atoms with van der Waals surface area (Å²) in [5.41, 5.74) is 9.16. The quantitative estimate of drug-likeness (QED) is 0.911. The molecule has 2 aromatic carbocycles. The van der Waals surface area contributed by atoms with Crippen LogP contribution in [0.5, 0.6) is 0 Å². The molecule has 19 heavy (non-hydrogen) atoms. The third-order valence-electron chi connectivity index (χ3n) is 2.99. The molecule has 0 aliphatic heterocycles. The Labute approximate surface area is 113 Å². The molecule has 0 aromatic heterocycles. The van der Waals surface area contributed by atoms with Crippen molar-refractivity contribution in [3.05, 3.63) is 59.7 Å². The number of benzene rings is 2. The second-order valence-electron chi connectivity index (χ2n) is 4.80. The molecule has 0 atom stereocenters. The molecule has 2 rings (SSSR count). The van der Waals surface area contributed by atoms with E-state index in [4.69, 9.17) is 5.73 Å². The lowest BCUT2D eigenvalue weighted by Crippen LogP contribution is -2.14. The first-order chi connectivity index (χ1) is 9.09. The standard InChI is InChI=1S/C16H18N2O/c1-18(2)11-12-7-3-4-8-13(12)14-9-5-6-10-15(14)16(17)19/h3-10H,11H2,1-2H3,(H2,17,19). The summed E-state index contributed by atoms with van der Waals surface area (Å²) in [5, 5.41) is 0. The van der Waals surface area contributed by atoms with Crippen LogP contribution in [0.25, 0.3) is 11.1 Å². The van der Waals surface area contributed by atoms with Gasteiger partial charge in [0.25, 0.3) is 0 Å². The Morgan fingerprint density at radius 3 is 2.21 bits per heavy atom. The van der Waals surface area contributed by atoms with Crippen LogP contribution in [0.3, 0.4) is 0 Å². The van der Waals surface area contributed by atoms with Crippen molar-refractivity contribution in [2.75, 3.05) is 14.1 Å². The summed E-state index contributed by atoms with van der Waals surface area (Å²) >= 11 is 0. The van der Waals surface area contributed by atoms with Gasteiger partial charge in [-0.05, 0) is 36.9 Å². The topological polar surface area (TPSA) is 46.3 Å². The van der Waals surface area contributed by atoms with Crippen LogP contribution in [-0.2, 0) is 6.54 Å². The van der Waals surface area contributed by atoms with Crippen molar-refractivity contribution in [2.45, 2.75) is 6.54 Å². The summed E-state index contributed by atoms with van der Waals surface area (Å²) in [5.74, 6) is -0.393. The maximum Gasteiger partial charge on any atom is 0.249 e. The number of primary amides is 1. The highest BCUT2D eigenvalue weighted by Gasteiger charge is 2.12. The Bertz CT molecular complexity index is 591. The molecule has 2 aromatic rings. The van der Waals surface area contributed by atoms with Gasteiger partial charge in [0.05, 0.1) is 0 Å². The number of nitrogens with two attached hydrogens (primary N) is 1. The van der Waals surface area contributed by atoms with Crippen molar-refractivity contribution in [3.63, 3.8) is 0 Å². The highest BCUT2D eigenvalue weighted by Crippen LogP contribution is 2.27. The fourth-order valence-corrected chi connectivity index (χ4v) is 2.19. The van der Waals surface area contributed by atoms with Gasteiger partial charge in [-0.1, -0.05) is 42.5 Å². The van der Waals surface area contributed by atoms with Crippen molar-refractivity contribution in [1.82, 2.24) is 4.90 Å². The Morgan fingerprint density at radius 2 is 1.58 bits per heavy atom. The largest absolute Gasteiger partial charge is 0.366 e. The zero-order valence-corrected chi connectivity index (χ0v) is 11.3. The van der Waals surface area contributed by atoms with Crippen LogP contribution in [-0.4, -0.2) is 24.9 Å². The van der Waals surface area contributed by atoms with E-state index >= 15 is 0 Å². The third-order valence-corrected chi connectivity index (χ3v) is 2.99. The molecule has 0 bridgehead atoms. The van der Waals surface area contributed by atoms with E-state index in [9.17, 15) is 4.79 Å². The number of hydrogen-bond acceptors (Lipinski definition) is 2. The molecule has 0 saturated carbocycles. The molecule has 98 valence electrons. The molecular weight excluding hydrogens is 236 g/mol. The summed E-state index contributed by atoms with van der Waals surface area (Å²) in [6.45, 7) is 0.823. The Balaban J connectivity index is 2.56. The lowest BCUT2D eigenvalue weighted by Gasteiger charge is -2.15. The summed E-state index contributed by atoms with van der Waals surface area (Å²) in [6, 6.07) is 15.6. The predicted octanol–water partition coefficient (Wildman–Crippen LogP) is 2.51. The summed E-state index contributed by atoms with van der Waals surface area (Å²) in [4.78, 5) is 13.6. The highest BCUT2D eigenvalue weighted by molar-refractivity contribution is 6.00. The zero-order valence-electron chi connectivity index (χ0n) is 11.3. The van der Waals surface area contributed by atoms with Crippen molar-refractivity contribution in [3.8, 4) is 11.1 Å². The van der Waals surface area contributed by atoms with Crippen molar-refractivity contribution >= 4 is 5.91 Å². The molecule has 3 nitrogen and oxygen atoms in total. The highest BCUT2D eigenvalue weighted by atomic mass is 16.1. The molecule has 0 radical (unpaired) electrons. The fraction of sp³-hybridized carbons (Fsp3) is 0.188. The van der Waals surface area contributed by atoms with E-state index < -0.39 is 5.91 Å². The predicted molar refractivity (Wildman–Crippen MR) is 77.8 cm³/mol. The minimum atomic E-state index is -0.393. The molecular formula is C16H18N2O. The Morgan fingerprint density at radius 1 is 1.00 bits per heavy atom. The number of amides is 1. The van der Waals surface area contributed by atoms with Crippen molar-refractivity contribution in [2.24, 2.45) is 5.73 Å². The molecule has 2 N–H and O–H groups in total. The van der Waals surface area contributed by atoms with Crippen LogP contribution in [0.15, 0.2) is 48.5 Å². The SMILES string of the molecule is CN(C)Cc1ccccc1-c1ccccc1C(N)=O. The van der Waals surface area contributed by atoms with Gasteiger partial charge in [-0.15, -0.1) is 0 Å². The van der Waals surface area contributed by atoms with Gasteiger partial charge in [-0.3, -0.25) is 4.79 Å². The van der Waals surface area contributed by atoms with Gasteiger partial charge in [0, 0.05) is 12.1 Å².